The lowest BCUT2D eigenvalue weighted by Crippen LogP contribution is -2.53. The fraction of sp³-hybridized carbons (Fsp3) is 0.385. The number of nitrogens with zero attached hydrogens (tertiary/aromatic N) is 3. The van der Waals surface area contributed by atoms with Gasteiger partial charge in [-0.25, -0.2) is 4.39 Å². The van der Waals surface area contributed by atoms with Gasteiger partial charge in [0.25, 0.3) is 0 Å². The smallest absolute Gasteiger partial charge is 0.246 e. The standard InChI is InChI=1S/C26H29ClFN3O2/c1-19-16-29(17-20-4-9-24(28)10-5-20)13-14-31(19)26(33)11-7-21-6-8-23(27)15-22(21)18-30-12-2-3-25(30)32/h4-11,15,19H,2-3,12-14,16-18H2,1H3/b11-7+. The van der Waals surface area contributed by atoms with Crippen LogP contribution in [0.2, 0.25) is 5.02 Å². The Balaban J connectivity index is 1.37. The third-order valence-corrected chi connectivity index (χ3v) is 6.59. The molecule has 0 aromatic heterocycles. The Morgan fingerprint density at radius 1 is 1.12 bits per heavy atom. The summed E-state index contributed by atoms with van der Waals surface area (Å²) >= 11 is 6.20. The first-order chi connectivity index (χ1) is 15.9. The maximum absolute atomic E-state index is 13.1. The average molecular weight is 470 g/mol. The molecule has 4 rings (SSSR count). The molecule has 2 amide bonds. The Bertz CT molecular complexity index is 1040. The van der Waals surface area contributed by atoms with Gasteiger partial charge in [-0.15, -0.1) is 0 Å². The molecule has 5 nitrogen and oxygen atoms in total. The zero-order valence-electron chi connectivity index (χ0n) is 18.8. The Morgan fingerprint density at radius 3 is 2.61 bits per heavy atom. The van der Waals surface area contributed by atoms with E-state index >= 15 is 0 Å². The molecule has 33 heavy (non-hydrogen) atoms. The van der Waals surface area contributed by atoms with Crippen LogP contribution >= 0.6 is 11.6 Å². The van der Waals surface area contributed by atoms with Crippen molar-refractivity contribution < 1.29 is 14.0 Å². The van der Waals surface area contributed by atoms with Crippen LogP contribution in [-0.4, -0.2) is 58.7 Å². The van der Waals surface area contributed by atoms with Gasteiger partial charge in [0, 0.05) is 62.8 Å². The van der Waals surface area contributed by atoms with Crippen LogP contribution in [-0.2, 0) is 22.7 Å². The molecule has 2 aromatic rings. The molecule has 2 aliphatic heterocycles. The highest BCUT2D eigenvalue weighted by atomic mass is 35.5. The van der Waals surface area contributed by atoms with E-state index in [1.54, 1.807) is 24.3 Å². The molecule has 0 N–H and O–H groups in total. The van der Waals surface area contributed by atoms with Gasteiger partial charge < -0.3 is 9.80 Å². The summed E-state index contributed by atoms with van der Waals surface area (Å²) in [5.74, 6) is -0.0967. The second-order valence-corrected chi connectivity index (χ2v) is 9.27. The van der Waals surface area contributed by atoms with Crippen LogP contribution in [0, 0.1) is 5.82 Å². The van der Waals surface area contributed by atoms with Crippen molar-refractivity contribution in [3.05, 3.63) is 76.1 Å². The molecule has 1 unspecified atom stereocenters. The molecule has 0 radical (unpaired) electrons. The minimum absolute atomic E-state index is 0.0259. The predicted octanol–water partition coefficient (Wildman–Crippen LogP) is 4.35. The van der Waals surface area contributed by atoms with Gasteiger partial charge in [0.05, 0.1) is 0 Å². The topological polar surface area (TPSA) is 43.9 Å². The van der Waals surface area contributed by atoms with E-state index < -0.39 is 0 Å². The third-order valence-electron chi connectivity index (χ3n) is 6.36. The van der Waals surface area contributed by atoms with Crippen LogP contribution in [0.25, 0.3) is 6.08 Å². The minimum atomic E-state index is -0.231. The molecular formula is C26H29ClFN3O2. The van der Waals surface area contributed by atoms with Gasteiger partial charge in [-0.05, 0) is 60.4 Å². The van der Waals surface area contributed by atoms with Crippen LogP contribution in [0.15, 0.2) is 48.5 Å². The normalized spacial score (nSPS) is 19.6. The summed E-state index contributed by atoms with van der Waals surface area (Å²) in [5.41, 5.74) is 2.91. The van der Waals surface area contributed by atoms with Crippen molar-refractivity contribution in [3.63, 3.8) is 0 Å². The molecule has 2 saturated heterocycles. The molecule has 7 heteroatoms. The van der Waals surface area contributed by atoms with Gasteiger partial charge in [0.15, 0.2) is 0 Å². The number of carbonyl (C=O) groups excluding carboxylic acids is 2. The van der Waals surface area contributed by atoms with Crippen LogP contribution in [0.5, 0.6) is 0 Å². The summed E-state index contributed by atoms with van der Waals surface area (Å²) in [6.45, 7) is 6.23. The Labute approximate surface area is 199 Å². The molecule has 2 heterocycles. The van der Waals surface area contributed by atoms with E-state index in [1.807, 2.05) is 28.0 Å². The van der Waals surface area contributed by atoms with Crippen LogP contribution in [0.4, 0.5) is 4.39 Å². The first-order valence-corrected chi connectivity index (χ1v) is 11.8. The maximum atomic E-state index is 13.1. The first kappa shape index (κ1) is 23.5. The largest absolute Gasteiger partial charge is 0.338 e. The van der Waals surface area contributed by atoms with Gasteiger partial charge >= 0.3 is 0 Å². The number of amides is 2. The molecule has 2 fully saturated rings. The summed E-state index contributed by atoms with van der Waals surface area (Å²) in [7, 11) is 0. The molecule has 0 spiro atoms. The van der Waals surface area contributed by atoms with Crippen molar-refractivity contribution in [1.29, 1.82) is 0 Å². The molecule has 2 aliphatic rings. The Hall–Kier alpha value is -2.70. The predicted molar refractivity (Wildman–Crippen MR) is 128 cm³/mol. The minimum Gasteiger partial charge on any atom is -0.338 e. The molecule has 174 valence electrons. The molecule has 1 atom stereocenters. The molecule has 0 bridgehead atoms. The molecule has 0 aliphatic carbocycles. The highest BCUT2D eigenvalue weighted by Gasteiger charge is 2.26. The summed E-state index contributed by atoms with van der Waals surface area (Å²) in [6.07, 6.45) is 4.92. The molecular weight excluding hydrogens is 441 g/mol. The van der Waals surface area contributed by atoms with Gasteiger partial charge in [-0.2, -0.15) is 0 Å². The number of carbonyl (C=O) groups is 2. The van der Waals surface area contributed by atoms with Crippen molar-refractivity contribution >= 4 is 29.5 Å². The summed E-state index contributed by atoms with van der Waals surface area (Å²) in [4.78, 5) is 31.0. The second-order valence-electron chi connectivity index (χ2n) is 8.84. The summed E-state index contributed by atoms with van der Waals surface area (Å²) in [5, 5.41) is 0.617. The van der Waals surface area contributed by atoms with E-state index in [0.717, 1.165) is 49.3 Å². The summed E-state index contributed by atoms with van der Waals surface area (Å²) in [6, 6.07) is 12.2. The number of likely N-dealkylation sites (tertiary alicyclic amines) is 1. The zero-order chi connectivity index (χ0) is 23.4. The monoisotopic (exact) mass is 469 g/mol. The van der Waals surface area contributed by atoms with Gasteiger partial charge in [-0.3, -0.25) is 14.5 Å². The van der Waals surface area contributed by atoms with E-state index in [0.29, 0.717) is 24.5 Å². The fourth-order valence-corrected chi connectivity index (χ4v) is 4.75. The molecule has 2 aromatic carbocycles. The van der Waals surface area contributed by atoms with Crippen LogP contribution in [0.1, 0.15) is 36.5 Å². The second kappa shape index (κ2) is 10.5. The van der Waals surface area contributed by atoms with Crippen LogP contribution < -0.4 is 0 Å². The van der Waals surface area contributed by atoms with E-state index in [-0.39, 0.29) is 23.7 Å². The van der Waals surface area contributed by atoms with E-state index in [4.69, 9.17) is 11.6 Å². The van der Waals surface area contributed by atoms with E-state index in [1.165, 1.54) is 12.1 Å². The van der Waals surface area contributed by atoms with E-state index in [2.05, 4.69) is 11.8 Å². The number of hydrogen-bond acceptors (Lipinski definition) is 3. The lowest BCUT2D eigenvalue weighted by Gasteiger charge is -2.39. The number of hydrogen-bond donors (Lipinski definition) is 0. The van der Waals surface area contributed by atoms with Crippen LogP contribution in [0.3, 0.4) is 0 Å². The SMILES string of the molecule is CC1CN(Cc2ccc(F)cc2)CCN1C(=O)/C=C/c1ccc(Cl)cc1CN1CCCC1=O. The first-order valence-electron chi connectivity index (χ1n) is 11.4. The number of benzene rings is 2. The fourth-order valence-electron chi connectivity index (χ4n) is 4.56. The third kappa shape index (κ3) is 6.01. The van der Waals surface area contributed by atoms with Crippen molar-refractivity contribution in [2.75, 3.05) is 26.2 Å². The number of rotatable bonds is 6. The van der Waals surface area contributed by atoms with Gasteiger partial charge in [-0.1, -0.05) is 29.8 Å². The maximum Gasteiger partial charge on any atom is 0.246 e. The van der Waals surface area contributed by atoms with Crippen molar-refractivity contribution in [3.8, 4) is 0 Å². The number of piperazine rings is 1. The Kier molecular flexibility index (Phi) is 7.46. The lowest BCUT2D eigenvalue weighted by molar-refractivity contribution is -0.130. The lowest BCUT2D eigenvalue weighted by atomic mass is 10.1. The number of halogens is 2. The van der Waals surface area contributed by atoms with Gasteiger partial charge in [0.1, 0.15) is 5.82 Å². The van der Waals surface area contributed by atoms with Crippen molar-refractivity contribution in [2.45, 2.75) is 38.9 Å². The Morgan fingerprint density at radius 2 is 1.91 bits per heavy atom. The highest BCUT2D eigenvalue weighted by molar-refractivity contribution is 6.30. The van der Waals surface area contributed by atoms with Crippen molar-refractivity contribution in [2.24, 2.45) is 0 Å². The summed E-state index contributed by atoms with van der Waals surface area (Å²) < 4.78 is 13.1. The van der Waals surface area contributed by atoms with E-state index in [9.17, 15) is 14.0 Å². The average Bonchev–Trinajstić information content (AvgIpc) is 3.19. The highest BCUT2D eigenvalue weighted by Crippen LogP contribution is 2.22. The quantitative estimate of drug-likeness (QED) is 0.591. The van der Waals surface area contributed by atoms with Gasteiger partial charge in [0.2, 0.25) is 11.8 Å². The molecule has 0 saturated carbocycles. The zero-order valence-corrected chi connectivity index (χ0v) is 19.6. The van der Waals surface area contributed by atoms with Crippen molar-refractivity contribution in [1.82, 2.24) is 14.7 Å².